The number of benzene rings is 3. The Morgan fingerprint density at radius 3 is 2.00 bits per heavy atom. The molecule has 0 aliphatic carbocycles. The summed E-state index contributed by atoms with van der Waals surface area (Å²) in [5, 5.41) is 46.4. The van der Waals surface area contributed by atoms with Gasteiger partial charge in [-0.05, 0) is 66.3 Å². The van der Waals surface area contributed by atoms with Crippen molar-refractivity contribution in [2.24, 2.45) is 0 Å². The number of halogens is 1. The predicted molar refractivity (Wildman–Crippen MR) is 166 cm³/mol. The largest absolute Gasteiger partial charge is 0.481 e. The van der Waals surface area contributed by atoms with Gasteiger partial charge in [-0.2, -0.15) is 0 Å². The average molecular weight is 622 g/mol. The highest BCUT2D eigenvalue weighted by atomic mass is 19.1. The third-order valence-corrected chi connectivity index (χ3v) is 6.93. The third kappa shape index (κ3) is 9.71. The molecule has 0 aliphatic rings. The van der Waals surface area contributed by atoms with Crippen molar-refractivity contribution >= 4 is 17.6 Å². The molecule has 1 amide bonds. The average Bonchev–Trinajstić information content (AvgIpc) is 3.32. The Kier molecular flexibility index (Phi) is 12.3. The molecule has 0 aliphatic heterocycles. The first-order valence-electron chi connectivity index (χ1n) is 14.2. The molecule has 12 heteroatoms. The van der Waals surface area contributed by atoms with E-state index in [1.54, 1.807) is 12.1 Å². The molecule has 0 fully saturated rings. The van der Waals surface area contributed by atoms with Crippen LogP contribution in [0, 0.1) is 15.9 Å². The molecule has 1 heterocycles. The lowest BCUT2D eigenvalue weighted by Crippen LogP contribution is -2.22. The van der Waals surface area contributed by atoms with Crippen molar-refractivity contribution < 1.29 is 39.6 Å². The zero-order valence-electron chi connectivity index (χ0n) is 24.8. The molecule has 4 rings (SSSR count). The van der Waals surface area contributed by atoms with Gasteiger partial charge in [0.05, 0.1) is 29.9 Å². The molecule has 5 N–H and O–H groups in total. The van der Waals surface area contributed by atoms with Crippen LogP contribution in [0.15, 0.2) is 84.9 Å². The number of carbonyl (C=O) groups is 2. The van der Waals surface area contributed by atoms with Gasteiger partial charge in [-0.25, -0.2) is 4.39 Å². The van der Waals surface area contributed by atoms with E-state index in [1.165, 1.54) is 12.1 Å². The number of hydrogen-bond acceptors (Lipinski definition) is 6. The van der Waals surface area contributed by atoms with Crippen LogP contribution in [-0.4, -0.2) is 54.3 Å². The number of carbonyl (C=O) groups excluding carboxylic acids is 1. The van der Waals surface area contributed by atoms with Gasteiger partial charge in [0.1, 0.15) is 5.82 Å². The van der Waals surface area contributed by atoms with Crippen molar-refractivity contribution in [2.45, 2.75) is 57.8 Å². The van der Waals surface area contributed by atoms with Crippen molar-refractivity contribution in [3.63, 3.8) is 0 Å². The Hall–Kier alpha value is -5.07. The summed E-state index contributed by atoms with van der Waals surface area (Å²) in [6, 6.07) is 24.8. The van der Waals surface area contributed by atoms with E-state index in [0.29, 0.717) is 28.1 Å². The number of aliphatic carboxylic acids is 1. The molecule has 4 aromatic rings. The van der Waals surface area contributed by atoms with Crippen molar-refractivity contribution in [3.8, 4) is 22.4 Å². The summed E-state index contributed by atoms with van der Waals surface area (Å²) in [4.78, 5) is 33.4. The van der Waals surface area contributed by atoms with Crippen LogP contribution in [0.2, 0.25) is 0 Å². The van der Waals surface area contributed by atoms with Crippen molar-refractivity contribution in [1.82, 2.24) is 4.57 Å². The number of carboxylic acids is 1. The highest BCUT2D eigenvalue weighted by molar-refractivity contribution is 6.12. The minimum atomic E-state index is -1.50. The van der Waals surface area contributed by atoms with E-state index in [2.05, 4.69) is 5.32 Å². The molecule has 1 aromatic heterocycles. The van der Waals surface area contributed by atoms with E-state index < -0.39 is 29.7 Å². The minimum absolute atomic E-state index is 0.0939. The Labute approximate surface area is 259 Å². The van der Waals surface area contributed by atoms with Gasteiger partial charge in [-0.1, -0.05) is 62.4 Å². The van der Waals surface area contributed by atoms with Crippen LogP contribution in [0.25, 0.3) is 22.4 Å². The quantitative estimate of drug-likeness (QED) is 0.0950. The van der Waals surface area contributed by atoms with Crippen LogP contribution >= 0.6 is 0 Å². The first-order valence-corrected chi connectivity index (χ1v) is 14.2. The SMILES string of the molecule is CC(C)c1c(C(=O)Nc2ccccc2)c(-c2ccccc2)c(-c2ccc(F)cc2)n1CC[C@@H](O)C[C@@H](O)CC(=O)O.O=[N+]([O-])O. The number of nitrogens with zero attached hydrogens (tertiary/aromatic N) is 2. The molecule has 0 unspecified atom stereocenters. The number of carboxylic acid groups (broad SMARTS) is 1. The van der Waals surface area contributed by atoms with Gasteiger partial charge < -0.3 is 30.4 Å². The Morgan fingerprint density at radius 2 is 1.47 bits per heavy atom. The van der Waals surface area contributed by atoms with Crippen molar-refractivity contribution in [2.75, 3.05) is 5.32 Å². The molecule has 238 valence electrons. The molecule has 45 heavy (non-hydrogen) atoms. The summed E-state index contributed by atoms with van der Waals surface area (Å²) in [5.74, 6) is -1.93. The Bertz CT molecular complexity index is 1570. The Balaban J connectivity index is 0.00000130. The van der Waals surface area contributed by atoms with Crippen LogP contribution in [-0.2, 0) is 11.3 Å². The topological polar surface area (TPSA) is 175 Å². The normalized spacial score (nSPS) is 12.1. The number of para-hydroxylation sites is 1. The van der Waals surface area contributed by atoms with E-state index in [4.69, 9.17) is 20.4 Å². The molecular weight excluding hydrogens is 585 g/mol. The maximum absolute atomic E-state index is 14.0. The summed E-state index contributed by atoms with van der Waals surface area (Å²) in [6.45, 7) is 4.25. The number of amides is 1. The summed E-state index contributed by atoms with van der Waals surface area (Å²) >= 11 is 0. The van der Waals surface area contributed by atoms with E-state index in [-0.39, 0.29) is 37.0 Å². The predicted octanol–water partition coefficient (Wildman–Crippen LogP) is 5.97. The third-order valence-electron chi connectivity index (χ3n) is 6.93. The monoisotopic (exact) mass is 621 g/mol. The highest BCUT2D eigenvalue weighted by Crippen LogP contribution is 2.42. The summed E-state index contributed by atoms with van der Waals surface area (Å²) < 4.78 is 16.0. The summed E-state index contributed by atoms with van der Waals surface area (Å²) in [7, 11) is 0. The van der Waals surface area contributed by atoms with Gasteiger partial charge in [0.2, 0.25) is 0 Å². The molecule has 2 atom stereocenters. The maximum atomic E-state index is 14.0. The lowest BCUT2D eigenvalue weighted by Gasteiger charge is -2.20. The molecular formula is C33H36FN3O8. The maximum Gasteiger partial charge on any atom is 0.305 e. The molecule has 0 spiro atoms. The van der Waals surface area contributed by atoms with Crippen molar-refractivity contribution in [3.05, 3.63) is 112 Å². The van der Waals surface area contributed by atoms with E-state index in [0.717, 1.165) is 11.3 Å². The zero-order valence-corrected chi connectivity index (χ0v) is 24.8. The van der Waals surface area contributed by atoms with Gasteiger partial charge in [-0.3, -0.25) is 9.59 Å². The number of hydrogen-bond donors (Lipinski definition) is 5. The number of aliphatic hydroxyl groups is 2. The number of nitrogens with one attached hydrogen (secondary N) is 1. The van der Waals surface area contributed by atoms with Gasteiger partial charge in [0.15, 0.2) is 0 Å². The summed E-state index contributed by atoms with van der Waals surface area (Å²) in [6.07, 6.45) is -2.51. The fourth-order valence-corrected chi connectivity index (χ4v) is 5.20. The van der Waals surface area contributed by atoms with Gasteiger partial charge >= 0.3 is 5.97 Å². The number of aromatic nitrogens is 1. The van der Waals surface area contributed by atoms with Crippen LogP contribution in [0.3, 0.4) is 0 Å². The lowest BCUT2D eigenvalue weighted by molar-refractivity contribution is -0.742. The lowest BCUT2D eigenvalue weighted by atomic mass is 9.94. The van der Waals surface area contributed by atoms with Crippen LogP contribution in [0.4, 0.5) is 10.1 Å². The molecule has 3 aromatic carbocycles. The number of anilines is 1. The van der Waals surface area contributed by atoms with Gasteiger partial charge in [0, 0.05) is 23.5 Å². The fraction of sp³-hybridized carbons (Fsp3) is 0.273. The molecule has 0 saturated heterocycles. The van der Waals surface area contributed by atoms with Crippen molar-refractivity contribution in [1.29, 1.82) is 0 Å². The highest BCUT2D eigenvalue weighted by Gasteiger charge is 2.31. The first-order chi connectivity index (χ1) is 21.4. The van der Waals surface area contributed by atoms with Crippen LogP contribution in [0.1, 0.15) is 55.1 Å². The molecule has 11 nitrogen and oxygen atoms in total. The van der Waals surface area contributed by atoms with Gasteiger partial charge in [-0.15, -0.1) is 10.1 Å². The van der Waals surface area contributed by atoms with E-state index in [9.17, 15) is 24.2 Å². The molecule has 0 radical (unpaired) electrons. The zero-order chi connectivity index (χ0) is 33.1. The second kappa shape index (κ2) is 16.1. The Morgan fingerprint density at radius 1 is 0.911 bits per heavy atom. The molecule has 0 saturated carbocycles. The van der Waals surface area contributed by atoms with E-state index >= 15 is 0 Å². The van der Waals surface area contributed by atoms with Crippen LogP contribution in [0.5, 0.6) is 0 Å². The van der Waals surface area contributed by atoms with Crippen LogP contribution < -0.4 is 5.32 Å². The van der Waals surface area contributed by atoms with Gasteiger partial charge in [0.25, 0.3) is 11.0 Å². The molecule has 0 bridgehead atoms. The minimum Gasteiger partial charge on any atom is -0.481 e. The fourth-order valence-electron chi connectivity index (χ4n) is 5.20. The first kappa shape index (κ1) is 34.4. The smallest absolute Gasteiger partial charge is 0.305 e. The summed E-state index contributed by atoms with van der Waals surface area (Å²) in [5.41, 5.74) is 4.77. The number of rotatable bonds is 12. The number of aliphatic hydroxyl groups excluding tert-OH is 2. The second-order valence-corrected chi connectivity index (χ2v) is 10.7. The standard InChI is InChI=1S/C33H35FN2O5.HNO3/c1-21(2)31-30(33(41)35-25-11-7-4-8-12-25)29(22-9-5-3-6-10-22)32(23-13-15-24(34)16-14-23)36(31)18-17-26(37)19-27(38)20-28(39)40;2-1(3)4/h3-16,21,26-27,37-38H,17-20H2,1-2H3,(H,35,41)(H,39,40);(H,2,3,4)/t26-,27-;/m1./s1. The second-order valence-electron chi connectivity index (χ2n) is 10.7. The van der Waals surface area contributed by atoms with E-state index in [1.807, 2.05) is 79.1 Å².